The fourth-order valence-electron chi connectivity index (χ4n) is 2.92. The average Bonchev–Trinajstić information content (AvgIpc) is 3.18. The number of likely N-dealkylation sites (tertiary alicyclic amines) is 1. The van der Waals surface area contributed by atoms with Crippen LogP contribution in [0.5, 0.6) is 0 Å². The largest absolute Gasteiger partial charge is 0.338 e. The summed E-state index contributed by atoms with van der Waals surface area (Å²) in [5.74, 6) is -0.661. The Kier molecular flexibility index (Phi) is 6.33. The molecule has 1 atom stereocenters. The Balaban J connectivity index is 1.61. The van der Waals surface area contributed by atoms with Gasteiger partial charge in [0.05, 0.1) is 0 Å². The van der Waals surface area contributed by atoms with Gasteiger partial charge in [-0.3, -0.25) is 4.79 Å². The van der Waals surface area contributed by atoms with Crippen molar-refractivity contribution in [3.8, 4) is 0 Å². The normalized spacial score (nSPS) is 16.8. The van der Waals surface area contributed by atoms with E-state index in [1.54, 1.807) is 4.90 Å². The first-order valence-corrected chi connectivity index (χ1v) is 9.81. The maximum absolute atomic E-state index is 12.9. The molecule has 1 aliphatic rings. The second-order valence-electron chi connectivity index (χ2n) is 6.42. The van der Waals surface area contributed by atoms with Crippen molar-refractivity contribution in [1.29, 1.82) is 0 Å². The van der Waals surface area contributed by atoms with E-state index >= 15 is 0 Å². The van der Waals surface area contributed by atoms with Crippen LogP contribution in [0.4, 0.5) is 14.9 Å². The van der Waals surface area contributed by atoms with Crippen molar-refractivity contribution in [2.24, 2.45) is 0 Å². The zero-order valence-electron chi connectivity index (χ0n) is 15.1. The van der Waals surface area contributed by atoms with Gasteiger partial charge in [-0.25, -0.2) is 9.18 Å². The van der Waals surface area contributed by atoms with Crippen molar-refractivity contribution in [3.05, 3.63) is 40.1 Å². The molecule has 0 bridgehead atoms. The van der Waals surface area contributed by atoms with E-state index in [2.05, 4.69) is 20.8 Å². The van der Waals surface area contributed by atoms with Crippen LogP contribution in [0.3, 0.4) is 0 Å². The second kappa shape index (κ2) is 8.90. The number of carbonyl (C=O) groups excluding carboxylic acids is 2. The minimum atomic E-state index is -0.376. The molecule has 0 aliphatic carbocycles. The summed E-state index contributed by atoms with van der Waals surface area (Å²) in [5, 5.41) is 14.7. The Bertz CT molecular complexity index is 795. The summed E-state index contributed by atoms with van der Waals surface area (Å²) in [7, 11) is 0. The van der Waals surface area contributed by atoms with E-state index in [1.165, 1.54) is 35.6 Å². The van der Waals surface area contributed by atoms with E-state index in [0.717, 1.165) is 30.8 Å². The van der Waals surface area contributed by atoms with Gasteiger partial charge in [-0.2, -0.15) is 0 Å². The van der Waals surface area contributed by atoms with Gasteiger partial charge in [-0.1, -0.05) is 18.3 Å². The molecule has 1 aromatic carbocycles. The molecule has 27 heavy (non-hydrogen) atoms. The van der Waals surface area contributed by atoms with Crippen LogP contribution in [-0.2, 0) is 0 Å². The Morgan fingerprint density at radius 2 is 2.07 bits per heavy atom. The number of hydrogen-bond donors (Lipinski definition) is 2. The first kappa shape index (κ1) is 19.2. The Morgan fingerprint density at radius 1 is 1.30 bits per heavy atom. The minimum Gasteiger partial charge on any atom is -0.338 e. The van der Waals surface area contributed by atoms with Crippen molar-refractivity contribution >= 4 is 29.0 Å². The molecule has 2 aromatic rings. The summed E-state index contributed by atoms with van der Waals surface area (Å²) in [6, 6.07) is 5.48. The summed E-state index contributed by atoms with van der Waals surface area (Å²) in [6.07, 6.45) is 2.69. The molecule has 3 amide bonds. The highest BCUT2D eigenvalue weighted by Gasteiger charge is 2.28. The van der Waals surface area contributed by atoms with Crippen LogP contribution < -0.4 is 10.6 Å². The molecule has 144 valence electrons. The summed E-state index contributed by atoms with van der Waals surface area (Å²) in [5.41, 5.74) is 0.495. The quantitative estimate of drug-likeness (QED) is 0.819. The third-order valence-electron chi connectivity index (χ3n) is 4.32. The van der Waals surface area contributed by atoms with Gasteiger partial charge in [0.2, 0.25) is 5.01 Å². The number of piperidine rings is 1. The van der Waals surface area contributed by atoms with Crippen LogP contribution in [0.15, 0.2) is 24.3 Å². The van der Waals surface area contributed by atoms with Crippen molar-refractivity contribution in [2.45, 2.75) is 32.1 Å². The van der Waals surface area contributed by atoms with Gasteiger partial charge in [0.15, 0.2) is 0 Å². The Hall–Kier alpha value is -2.55. The number of aromatic nitrogens is 2. The first-order chi connectivity index (χ1) is 13.1. The van der Waals surface area contributed by atoms with Gasteiger partial charge in [-0.05, 0) is 43.5 Å². The van der Waals surface area contributed by atoms with Crippen LogP contribution in [0.2, 0.25) is 0 Å². The number of carbonyl (C=O) groups is 2. The number of anilines is 1. The SMILES string of the molecule is CCCNC(=O)N1CCCC(c2nnc(C(=O)Nc3ccc(F)cc3)s2)C1. The highest BCUT2D eigenvalue weighted by atomic mass is 32.1. The Morgan fingerprint density at radius 3 is 2.81 bits per heavy atom. The number of benzene rings is 1. The molecule has 1 aliphatic heterocycles. The molecule has 1 saturated heterocycles. The van der Waals surface area contributed by atoms with E-state index < -0.39 is 0 Å². The lowest BCUT2D eigenvalue weighted by atomic mass is 9.99. The van der Waals surface area contributed by atoms with Gasteiger partial charge >= 0.3 is 6.03 Å². The van der Waals surface area contributed by atoms with E-state index in [-0.39, 0.29) is 28.7 Å². The van der Waals surface area contributed by atoms with Crippen LogP contribution in [0.1, 0.15) is 46.9 Å². The lowest BCUT2D eigenvalue weighted by molar-refractivity contribution is 0.102. The number of amides is 3. The molecule has 0 saturated carbocycles. The standard InChI is InChI=1S/C18H22FN5O2S/c1-2-9-20-18(26)24-10-3-4-12(11-24)16-22-23-17(27-16)15(25)21-14-7-5-13(19)6-8-14/h5-8,12H,2-4,9-11H2,1H3,(H,20,26)(H,21,25). The van der Waals surface area contributed by atoms with Gasteiger partial charge in [0.1, 0.15) is 10.8 Å². The van der Waals surface area contributed by atoms with E-state index in [0.29, 0.717) is 18.8 Å². The molecule has 0 spiro atoms. The number of nitrogens with zero attached hydrogens (tertiary/aromatic N) is 3. The number of halogens is 1. The number of urea groups is 1. The third kappa shape index (κ3) is 5.00. The maximum Gasteiger partial charge on any atom is 0.317 e. The van der Waals surface area contributed by atoms with Gasteiger partial charge in [0, 0.05) is 31.2 Å². The van der Waals surface area contributed by atoms with Gasteiger partial charge < -0.3 is 15.5 Å². The fraction of sp³-hybridized carbons (Fsp3) is 0.444. The molecule has 9 heteroatoms. The fourth-order valence-corrected chi connectivity index (χ4v) is 3.78. The zero-order valence-corrected chi connectivity index (χ0v) is 15.9. The van der Waals surface area contributed by atoms with Crippen molar-refractivity contribution in [3.63, 3.8) is 0 Å². The van der Waals surface area contributed by atoms with Gasteiger partial charge in [-0.15, -0.1) is 10.2 Å². The monoisotopic (exact) mass is 391 g/mol. The molecule has 2 heterocycles. The molecule has 7 nitrogen and oxygen atoms in total. The van der Waals surface area contributed by atoms with Crippen molar-refractivity contribution in [1.82, 2.24) is 20.4 Å². The van der Waals surface area contributed by atoms with Crippen molar-refractivity contribution in [2.75, 3.05) is 25.0 Å². The topological polar surface area (TPSA) is 87.2 Å². The summed E-state index contributed by atoms with van der Waals surface area (Å²) in [4.78, 5) is 26.3. The lowest BCUT2D eigenvalue weighted by Gasteiger charge is -2.31. The summed E-state index contributed by atoms with van der Waals surface area (Å²) < 4.78 is 12.9. The molecule has 1 fully saturated rings. The molecular formula is C18H22FN5O2S. The van der Waals surface area contributed by atoms with Crippen molar-refractivity contribution < 1.29 is 14.0 Å². The number of rotatable bonds is 5. The van der Waals surface area contributed by atoms with Crippen LogP contribution in [0, 0.1) is 5.82 Å². The lowest BCUT2D eigenvalue weighted by Crippen LogP contribution is -2.45. The highest BCUT2D eigenvalue weighted by molar-refractivity contribution is 7.13. The minimum absolute atomic E-state index is 0.0552. The first-order valence-electron chi connectivity index (χ1n) is 9.00. The highest BCUT2D eigenvalue weighted by Crippen LogP contribution is 2.29. The Labute approximate surface area is 161 Å². The predicted molar refractivity (Wildman–Crippen MR) is 101 cm³/mol. The zero-order chi connectivity index (χ0) is 19.2. The second-order valence-corrected chi connectivity index (χ2v) is 7.43. The molecule has 1 unspecified atom stereocenters. The molecule has 0 radical (unpaired) electrons. The predicted octanol–water partition coefficient (Wildman–Crippen LogP) is 3.23. The summed E-state index contributed by atoms with van der Waals surface area (Å²) >= 11 is 1.23. The maximum atomic E-state index is 12.9. The molecule has 2 N–H and O–H groups in total. The third-order valence-corrected chi connectivity index (χ3v) is 5.41. The van der Waals surface area contributed by atoms with Gasteiger partial charge in [0.25, 0.3) is 5.91 Å². The molecular weight excluding hydrogens is 369 g/mol. The van der Waals surface area contributed by atoms with E-state index in [9.17, 15) is 14.0 Å². The van der Waals surface area contributed by atoms with Crippen LogP contribution in [0.25, 0.3) is 0 Å². The van der Waals surface area contributed by atoms with Crippen LogP contribution in [-0.4, -0.2) is 46.7 Å². The molecule has 1 aromatic heterocycles. The summed E-state index contributed by atoms with van der Waals surface area (Å²) in [6.45, 7) is 3.97. The van der Waals surface area contributed by atoms with E-state index in [1.807, 2.05) is 6.92 Å². The van der Waals surface area contributed by atoms with Crippen LogP contribution >= 0.6 is 11.3 Å². The molecule has 3 rings (SSSR count). The number of hydrogen-bond acceptors (Lipinski definition) is 5. The smallest absolute Gasteiger partial charge is 0.317 e. The van der Waals surface area contributed by atoms with E-state index in [4.69, 9.17) is 0 Å². The number of nitrogens with one attached hydrogen (secondary N) is 2. The average molecular weight is 391 g/mol.